The van der Waals surface area contributed by atoms with Crippen LogP contribution in [0.25, 0.3) is 0 Å². The van der Waals surface area contributed by atoms with E-state index in [1.807, 2.05) is 11.0 Å². The number of halogens is 1. The predicted molar refractivity (Wildman–Crippen MR) is 76.6 cm³/mol. The predicted octanol–water partition coefficient (Wildman–Crippen LogP) is 3.52. The molecule has 2 nitrogen and oxygen atoms in total. The van der Waals surface area contributed by atoms with Crippen LogP contribution in [0.3, 0.4) is 0 Å². The first-order valence-electron chi connectivity index (χ1n) is 5.76. The summed E-state index contributed by atoms with van der Waals surface area (Å²) in [5.41, 5.74) is 1.27. The Morgan fingerprint density at radius 3 is 3.00 bits per heavy atom. The van der Waals surface area contributed by atoms with Crippen molar-refractivity contribution in [2.24, 2.45) is 0 Å². The first kappa shape index (κ1) is 12.2. The lowest BCUT2D eigenvalue weighted by atomic mass is 9.98. The molecule has 0 aromatic carbocycles. The molecule has 18 heavy (non-hydrogen) atoms. The van der Waals surface area contributed by atoms with Gasteiger partial charge in [0.05, 0.1) is 6.04 Å². The maximum atomic E-state index is 12.0. The summed E-state index contributed by atoms with van der Waals surface area (Å²) in [6.07, 6.45) is 0.942. The summed E-state index contributed by atoms with van der Waals surface area (Å²) in [6.45, 7) is 0.766. The fourth-order valence-electron chi connectivity index (χ4n) is 2.42. The van der Waals surface area contributed by atoms with E-state index in [2.05, 4.69) is 22.9 Å². The SMILES string of the molecule is O=C(CCl)N1CCc2sccc2[C@@H]1c1cccs1. The molecule has 0 spiro atoms. The number of fused-ring (bicyclic) bond motifs is 1. The maximum Gasteiger partial charge on any atom is 0.238 e. The zero-order valence-corrected chi connectivity index (χ0v) is 12.0. The summed E-state index contributed by atoms with van der Waals surface area (Å²) in [4.78, 5) is 16.5. The van der Waals surface area contributed by atoms with Crippen molar-refractivity contribution in [1.29, 1.82) is 0 Å². The third-order valence-corrected chi connectivity index (χ3v) is 5.36. The van der Waals surface area contributed by atoms with Crippen LogP contribution in [-0.2, 0) is 11.2 Å². The number of rotatable bonds is 2. The molecule has 0 bridgehead atoms. The number of hydrogen-bond acceptors (Lipinski definition) is 3. The molecule has 0 radical (unpaired) electrons. The molecule has 94 valence electrons. The van der Waals surface area contributed by atoms with E-state index in [4.69, 9.17) is 11.6 Å². The van der Waals surface area contributed by atoms with Crippen LogP contribution in [0.15, 0.2) is 29.0 Å². The number of thiophene rings is 2. The van der Waals surface area contributed by atoms with Crippen molar-refractivity contribution in [1.82, 2.24) is 4.90 Å². The highest BCUT2D eigenvalue weighted by Crippen LogP contribution is 2.39. The fourth-order valence-corrected chi connectivity index (χ4v) is 4.33. The van der Waals surface area contributed by atoms with Crippen LogP contribution in [0.4, 0.5) is 0 Å². The minimum atomic E-state index is 0.0203. The zero-order chi connectivity index (χ0) is 12.5. The monoisotopic (exact) mass is 297 g/mol. The number of alkyl halides is 1. The standard InChI is InChI=1S/C13H12ClNOS2/c14-8-12(16)15-5-3-10-9(4-7-18-10)13(15)11-2-1-6-17-11/h1-2,4,6-7,13H,3,5,8H2/t13-/m1/s1. The molecule has 0 fully saturated rings. The maximum absolute atomic E-state index is 12.0. The van der Waals surface area contributed by atoms with Crippen LogP contribution in [0, 0.1) is 0 Å². The Morgan fingerprint density at radius 1 is 1.39 bits per heavy atom. The molecule has 1 amide bonds. The van der Waals surface area contributed by atoms with E-state index < -0.39 is 0 Å². The molecule has 0 aliphatic carbocycles. The second kappa shape index (κ2) is 5.03. The lowest BCUT2D eigenvalue weighted by molar-refractivity contribution is -0.130. The van der Waals surface area contributed by atoms with Crippen LogP contribution in [-0.4, -0.2) is 23.2 Å². The Labute approximate surface area is 119 Å². The Hall–Kier alpha value is -0.840. The summed E-state index contributed by atoms with van der Waals surface area (Å²) < 4.78 is 0. The first-order valence-corrected chi connectivity index (χ1v) is 8.05. The minimum absolute atomic E-state index is 0.0203. The minimum Gasteiger partial charge on any atom is -0.329 e. The van der Waals surface area contributed by atoms with Crippen molar-refractivity contribution in [3.05, 3.63) is 44.3 Å². The van der Waals surface area contributed by atoms with Gasteiger partial charge in [0.15, 0.2) is 0 Å². The largest absolute Gasteiger partial charge is 0.329 e. The van der Waals surface area contributed by atoms with E-state index in [-0.39, 0.29) is 17.8 Å². The van der Waals surface area contributed by atoms with Crippen molar-refractivity contribution in [3.63, 3.8) is 0 Å². The molecule has 2 aromatic heterocycles. The molecule has 3 rings (SSSR count). The average molecular weight is 298 g/mol. The highest BCUT2D eigenvalue weighted by Gasteiger charge is 2.32. The van der Waals surface area contributed by atoms with E-state index in [0.717, 1.165) is 13.0 Å². The van der Waals surface area contributed by atoms with Gasteiger partial charge in [0.2, 0.25) is 5.91 Å². The molecule has 2 aromatic rings. The van der Waals surface area contributed by atoms with E-state index in [9.17, 15) is 4.79 Å². The summed E-state index contributed by atoms with van der Waals surface area (Å²) in [7, 11) is 0. The highest BCUT2D eigenvalue weighted by atomic mass is 35.5. The third kappa shape index (κ3) is 1.98. The van der Waals surface area contributed by atoms with E-state index in [1.54, 1.807) is 22.7 Å². The van der Waals surface area contributed by atoms with Gasteiger partial charge in [-0.1, -0.05) is 6.07 Å². The molecule has 1 aliphatic heterocycles. The molecule has 0 unspecified atom stereocenters. The summed E-state index contributed by atoms with van der Waals surface area (Å²) in [5, 5.41) is 4.17. The number of carbonyl (C=O) groups excluding carboxylic acids is 1. The molecular formula is C13H12ClNOS2. The van der Waals surface area contributed by atoms with Gasteiger partial charge < -0.3 is 4.90 Å². The lowest BCUT2D eigenvalue weighted by Gasteiger charge is -2.35. The molecule has 0 N–H and O–H groups in total. The van der Waals surface area contributed by atoms with Gasteiger partial charge in [0, 0.05) is 16.3 Å². The Balaban J connectivity index is 2.05. The zero-order valence-electron chi connectivity index (χ0n) is 9.64. The number of amides is 1. The Morgan fingerprint density at radius 2 is 2.28 bits per heavy atom. The van der Waals surface area contributed by atoms with Gasteiger partial charge in [-0.25, -0.2) is 0 Å². The lowest BCUT2D eigenvalue weighted by Crippen LogP contribution is -2.40. The summed E-state index contributed by atoms with van der Waals surface area (Å²) in [6, 6.07) is 6.32. The quantitative estimate of drug-likeness (QED) is 0.777. The van der Waals surface area contributed by atoms with Gasteiger partial charge in [-0.2, -0.15) is 0 Å². The molecule has 0 saturated carbocycles. The van der Waals surface area contributed by atoms with Crippen molar-refractivity contribution >= 4 is 40.2 Å². The highest BCUT2D eigenvalue weighted by molar-refractivity contribution is 7.10. The van der Waals surface area contributed by atoms with Crippen molar-refractivity contribution in [3.8, 4) is 0 Å². The molecular weight excluding hydrogens is 286 g/mol. The van der Waals surface area contributed by atoms with Crippen LogP contribution in [0.5, 0.6) is 0 Å². The van der Waals surface area contributed by atoms with Gasteiger partial charge in [-0.3, -0.25) is 4.79 Å². The van der Waals surface area contributed by atoms with Gasteiger partial charge in [-0.15, -0.1) is 34.3 Å². The van der Waals surface area contributed by atoms with E-state index in [0.29, 0.717) is 0 Å². The van der Waals surface area contributed by atoms with Gasteiger partial charge in [0.25, 0.3) is 0 Å². The Bertz CT molecular complexity index is 549. The topological polar surface area (TPSA) is 20.3 Å². The summed E-state index contributed by atoms with van der Waals surface area (Å²) >= 11 is 9.21. The second-order valence-corrected chi connectivity index (χ2v) is 6.44. The van der Waals surface area contributed by atoms with Gasteiger partial charge in [0.1, 0.15) is 5.88 Å². The third-order valence-electron chi connectivity index (χ3n) is 3.21. The van der Waals surface area contributed by atoms with E-state index >= 15 is 0 Å². The van der Waals surface area contributed by atoms with Crippen molar-refractivity contribution in [2.45, 2.75) is 12.5 Å². The number of carbonyl (C=O) groups is 1. The number of nitrogens with zero attached hydrogens (tertiary/aromatic N) is 1. The average Bonchev–Trinajstić information content (AvgIpc) is 3.07. The molecule has 5 heteroatoms. The summed E-state index contributed by atoms with van der Waals surface area (Å²) in [5.74, 6) is 0.0772. The molecule has 0 saturated heterocycles. The molecule has 1 atom stereocenters. The smallest absolute Gasteiger partial charge is 0.238 e. The normalized spacial score (nSPS) is 18.7. The van der Waals surface area contributed by atoms with Crippen molar-refractivity contribution in [2.75, 3.05) is 12.4 Å². The molecule has 3 heterocycles. The van der Waals surface area contributed by atoms with Crippen LogP contribution in [0.2, 0.25) is 0 Å². The van der Waals surface area contributed by atoms with Gasteiger partial charge in [-0.05, 0) is 34.9 Å². The van der Waals surface area contributed by atoms with Gasteiger partial charge >= 0.3 is 0 Å². The number of hydrogen-bond donors (Lipinski definition) is 0. The fraction of sp³-hybridized carbons (Fsp3) is 0.308. The van der Waals surface area contributed by atoms with E-state index in [1.165, 1.54) is 15.3 Å². The first-order chi connectivity index (χ1) is 8.81. The van der Waals surface area contributed by atoms with Crippen LogP contribution < -0.4 is 0 Å². The van der Waals surface area contributed by atoms with Crippen LogP contribution >= 0.6 is 34.3 Å². The van der Waals surface area contributed by atoms with Crippen LogP contribution in [0.1, 0.15) is 21.4 Å². The molecule has 1 aliphatic rings. The van der Waals surface area contributed by atoms with Crippen molar-refractivity contribution < 1.29 is 4.79 Å². The second-order valence-electron chi connectivity index (χ2n) is 4.19. The Kier molecular flexibility index (Phi) is 3.41.